The van der Waals surface area contributed by atoms with Crippen molar-refractivity contribution < 1.29 is 4.79 Å². The molecule has 1 aliphatic rings. The maximum Gasteiger partial charge on any atom is 0.254 e. The Morgan fingerprint density at radius 3 is 2.96 bits per heavy atom. The van der Waals surface area contributed by atoms with Crippen LogP contribution < -0.4 is 5.73 Å². The van der Waals surface area contributed by atoms with Gasteiger partial charge in [0.1, 0.15) is 5.56 Å². The number of carbonyl (C=O) groups excluding carboxylic acids is 1. The third-order valence-electron chi connectivity index (χ3n) is 4.73. The topological polar surface area (TPSA) is 89.4 Å². The number of rotatable bonds is 4. The van der Waals surface area contributed by atoms with E-state index in [-0.39, 0.29) is 0 Å². The van der Waals surface area contributed by atoms with Crippen molar-refractivity contribution in [3.8, 4) is 0 Å². The molecule has 0 spiro atoms. The quantitative estimate of drug-likeness (QED) is 0.782. The number of piperidine rings is 1. The highest BCUT2D eigenvalue weighted by Crippen LogP contribution is 2.28. The lowest BCUT2D eigenvalue weighted by Crippen LogP contribution is -2.34. The minimum Gasteiger partial charge on any atom is -0.365 e. The van der Waals surface area contributed by atoms with Crippen LogP contribution in [0.15, 0.2) is 42.9 Å². The Kier molecular flexibility index (Phi) is 4.15. The van der Waals surface area contributed by atoms with E-state index in [0.29, 0.717) is 17.1 Å². The summed E-state index contributed by atoms with van der Waals surface area (Å²) in [5.74, 6) is -0.163. The van der Waals surface area contributed by atoms with Crippen molar-refractivity contribution in [3.63, 3.8) is 0 Å². The molecule has 1 amide bonds. The number of primary amides is 1. The van der Waals surface area contributed by atoms with Gasteiger partial charge in [0.15, 0.2) is 5.65 Å². The van der Waals surface area contributed by atoms with Crippen molar-refractivity contribution in [1.29, 1.82) is 0 Å². The molecule has 1 fully saturated rings. The monoisotopic (exact) mass is 336 g/mol. The number of carbonyl (C=O) groups is 1. The highest BCUT2D eigenvalue weighted by atomic mass is 16.1. The first-order valence-corrected chi connectivity index (χ1v) is 8.47. The van der Waals surface area contributed by atoms with Gasteiger partial charge >= 0.3 is 0 Å². The summed E-state index contributed by atoms with van der Waals surface area (Å²) in [4.78, 5) is 22.7. The molecule has 25 heavy (non-hydrogen) atoms. The first-order chi connectivity index (χ1) is 12.2. The molecule has 0 radical (unpaired) electrons. The molecule has 0 aromatic carbocycles. The fraction of sp³-hybridized carbons (Fsp3) is 0.333. The molecule has 128 valence electrons. The average Bonchev–Trinajstić information content (AvgIpc) is 3.07. The Morgan fingerprint density at radius 2 is 2.16 bits per heavy atom. The normalized spacial score (nSPS) is 18.5. The summed E-state index contributed by atoms with van der Waals surface area (Å²) in [7, 11) is 0. The van der Waals surface area contributed by atoms with Crippen molar-refractivity contribution in [3.05, 3.63) is 59.8 Å². The standard InChI is InChI=1S/C18H20N6O/c19-17(25)15-10-22-24-16(6-8-21-18(15)24)13-4-3-9-23(11-13)12-14-5-1-2-7-20-14/h1-2,5-8,10,13H,3-4,9,11-12H2,(H2,19,25)/t13-/m1/s1. The number of hydrogen-bond donors (Lipinski definition) is 1. The minimum absolute atomic E-state index is 0.337. The van der Waals surface area contributed by atoms with E-state index in [1.54, 1.807) is 10.7 Å². The van der Waals surface area contributed by atoms with E-state index in [2.05, 4.69) is 26.0 Å². The van der Waals surface area contributed by atoms with Crippen LogP contribution >= 0.6 is 0 Å². The summed E-state index contributed by atoms with van der Waals surface area (Å²) < 4.78 is 1.76. The van der Waals surface area contributed by atoms with Crippen molar-refractivity contribution in [2.75, 3.05) is 13.1 Å². The molecule has 0 unspecified atom stereocenters. The van der Waals surface area contributed by atoms with Gasteiger partial charge in [0, 0.05) is 31.4 Å². The SMILES string of the molecule is NC(=O)c1cnn2c([C@@H]3CCCN(Cc4ccccn4)C3)ccnc12. The predicted molar refractivity (Wildman–Crippen MR) is 93.0 cm³/mol. The number of hydrogen-bond acceptors (Lipinski definition) is 5. The van der Waals surface area contributed by atoms with E-state index in [1.807, 2.05) is 24.4 Å². The van der Waals surface area contributed by atoms with E-state index in [1.165, 1.54) is 6.20 Å². The fourth-order valence-corrected chi connectivity index (χ4v) is 3.55. The molecule has 0 saturated carbocycles. The molecule has 3 aromatic rings. The zero-order chi connectivity index (χ0) is 17.2. The predicted octanol–water partition coefficient (Wildman–Crippen LogP) is 1.60. The molecule has 4 rings (SSSR count). The molecule has 3 aromatic heterocycles. The second-order valence-corrected chi connectivity index (χ2v) is 6.42. The van der Waals surface area contributed by atoms with E-state index in [4.69, 9.17) is 5.73 Å². The number of fused-ring (bicyclic) bond motifs is 1. The summed E-state index contributed by atoms with van der Waals surface area (Å²) in [5.41, 5.74) is 8.47. The number of aromatic nitrogens is 4. The Balaban J connectivity index is 1.59. The molecule has 4 heterocycles. The molecule has 2 N–H and O–H groups in total. The Morgan fingerprint density at radius 1 is 1.24 bits per heavy atom. The maximum absolute atomic E-state index is 11.5. The van der Waals surface area contributed by atoms with E-state index in [0.717, 1.165) is 43.9 Å². The zero-order valence-electron chi connectivity index (χ0n) is 13.9. The van der Waals surface area contributed by atoms with Gasteiger partial charge in [-0.2, -0.15) is 5.10 Å². The molecule has 0 bridgehead atoms. The van der Waals surface area contributed by atoms with Crippen LogP contribution in [0.5, 0.6) is 0 Å². The first-order valence-electron chi connectivity index (χ1n) is 8.47. The van der Waals surface area contributed by atoms with Gasteiger partial charge in [-0.25, -0.2) is 9.50 Å². The third kappa shape index (κ3) is 3.10. The average molecular weight is 336 g/mol. The molecule has 1 atom stereocenters. The summed E-state index contributed by atoms with van der Waals surface area (Å²) in [6.07, 6.45) is 7.27. The van der Waals surface area contributed by atoms with Crippen LogP contribution in [0.3, 0.4) is 0 Å². The number of nitrogens with two attached hydrogens (primary N) is 1. The highest BCUT2D eigenvalue weighted by Gasteiger charge is 2.25. The van der Waals surface area contributed by atoms with Gasteiger partial charge in [-0.05, 0) is 37.6 Å². The number of likely N-dealkylation sites (tertiary alicyclic amines) is 1. The van der Waals surface area contributed by atoms with Crippen molar-refractivity contribution >= 4 is 11.6 Å². The fourth-order valence-electron chi connectivity index (χ4n) is 3.55. The number of nitrogens with zero attached hydrogens (tertiary/aromatic N) is 5. The largest absolute Gasteiger partial charge is 0.365 e. The van der Waals surface area contributed by atoms with Crippen molar-refractivity contribution in [2.24, 2.45) is 5.73 Å². The molecular formula is C18H20N6O. The van der Waals surface area contributed by atoms with Crippen molar-refractivity contribution in [1.82, 2.24) is 24.5 Å². The van der Waals surface area contributed by atoms with Gasteiger partial charge in [-0.15, -0.1) is 0 Å². The van der Waals surface area contributed by atoms with Gasteiger partial charge in [0.25, 0.3) is 5.91 Å². The zero-order valence-corrected chi connectivity index (χ0v) is 13.9. The molecular weight excluding hydrogens is 316 g/mol. The third-order valence-corrected chi connectivity index (χ3v) is 4.73. The molecule has 7 nitrogen and oxygen atoms in total. The Bertz CT molecular complexity index is 891. The van der Waals surface area contributed by atoms with Crippen LogP contribution in [-0.4, -0.2) is 43.5 Å². The lowest BCUT2D eigenvalue weighted by molar-refractivity contribution is 0.100. The minimum atomic E-state index is -0.500. The van der Waals surface area contributed by atoms with Gasteiger partial charge < -0.3 is 5.73 Å². The van der Waals surface area contributed by atoms with Crippen LogP contribution in [0.25, 0.3) is 5.65 Å². The Hall–Kier alpha value is -2.80. The molecule has 1 aliphatic heterocycles. The molecule has 0 aliphatic carbocycles. The summed E-state index contributed by atoms with van der Waals surface area (Å²) >= 11 is 0. The van der Waals surface area contributed by atoms with Crippen molar-refractivity contribution in [2.45, 2.75) is 25.3 Å². The van der Waals surface area contributed by atoms with Crippen LogP contribution in [0.4, 0.5) is 0 Å². The van der Waals surface area contributed by atoms with Crippen LogP contribution in [0.2, 0.25) is 0 Å². The summed E-state index contributed by atoms with van der Waals surface area (Å²) in [5, 5.41) is 4.35. The lowest BCUT2D eigenvalue weighted by Gasteiger charge is -2.32. The van der Waals surface area contributed by atoms with Gasteiger partial charge in [0.2, 0.25) is 0 Å². The van der Waals surface area contributed by atoms with Gasteiger partial charge in [0.05, 0.1) is 17.6 Å². The second kappa shape index (κ2) is 6.60. The summed E-state index contributed by atoms with van der Waals surface area (Å²) in [6, 6.07) is 8.00. The van der Waals surface area contributed by atoms with Crippen LogP contribution in [0, 0.1) is 0 Å². The van der Waals surface area contributed by atoms with Gasteiger partial charge in [-0.3, -0.25) is 14.7 Å². The second-order valence-electron chi connectivity index (χ2n) is 6.42. The molecule has 1 saturated heterocycles. The van der Waals surface area contributed by atoms with Crippen LogP contribution in [0.1, 0.15) is 40.5 Å². The van der Waals surface area contributed by atoms with E-state index in [9.17, 15) is 4.79 Å². The first kappa shape index (κ1) is 15.7. The Labute approximate surface area is 145 Å². The van der Waals surface area contributed by atoms with Gasteiger partial charge in [-0.1, -0.05) is 6.07 Å². The highest BCUT2D eigenvalue weighted by molar-refractivity contribution is 5.98. The maximum atomic E-state index is 11.5. The molecule has 7 heteroatoms. The lowest BCUT2D eigenvalue weighted by atomic mass is 9.94. The smallest absolute Gasteiger partial charge is 0.254 e. The van der Waals surface area contributed by atoms with Crippen LogP contribution in [-0.2, 0) is 6.54 Å². The number of pyridine rings is 1. The number of amides is 1. The summed E-state index contributed by atoms with van der Waals surface area (Å²) in [6.45, 7) is 2.84. The van der Waals surface area contributed by atoms with E-state index < -0.39 is 5.91 Å². The van der Waals surface area contributed by atoms with E-state index >= 15 is 0 Å².